The molecule has 0 unspecified atom stereocenters. The summed E-state index contributed by atoms with van der Waals surface area (Å²) in [6.07, 6.45) is 0.514. The molecule has 5 heteroatoms. The Labute approximate surface area is 85.2 Å². The van der Waals surface area contributed by atoms with E-state index < -0.39 is 9.84 Å². The number of carbonyl (C=O) groups excluding carboxylic acids is 1. The topological polar surface area (TPSA) is 54.5 Å². The quantitative estimate of drug-likeness (QED) is 0.670. The summed E-state index contributed by atoms with van der Waals surface area (Å²) in [5, 5.41) is 0. The summed E-state index contributed by atoms with van der Waals surface area (Å²) < 4.78 is 22.2. The maximum absolute atomic E-state index is 11.6. The van der Waals surface area contributed by atoms with Crippen molar-refractivity contribution in [3.63, 3.8) is 0 Å². The van der Waals surface area contributed by atoms with E-state index in [-0.39, 0.29) is 17.4 Å². The van der Waals surface area contributed by atoms with Gasteiger partial charge in [-0.05, 0) is 5.92 Å². The molecule has 0 aromatic rings. The van der Waals surface area contributed by atoms with Crippen molar-refractivity contribution in [3.8, 4) is 0 Å². The second-order valence-electron chi connectivity index (χ2n) is 4.13. The van der Waals surface area contributed by atoms with Crippen molar-refractivity contribution in [1.82, 2.24) is 4.90 Å². The summed E-state index contributed by atoms with van der Waals surface area (Å²) in [5.41, 5.74) is 0. The number of sulfone groups is 1. The number of hydrogen-bond acceptors (Lipinski definition) is 3. The summed E-state index contributed by atoms with van der Waals surface area (Å²) in [6, 6.07) is 0. The van der Waals surface area contributed by atoms with E-state index in [1.165, 1.54) is 0 Å². The zero-order chi connectivity index (χ0) is 10.8. The van der Waals surface area contributed by atoms with Crippen LogP contribution in [0.15, 0.2) is 0 Å². The van der Waals surface area contributed by atoms with Gasteiger partial charge in [0.1, 0.15) is 0 Å². The third kappa shape index (κ3) is 3.29. The number of amides is 1. The predicted molar refractivity (Wildman–Crippen MR) is 54.7 cm³/mol. The van der Waals surface area contributed by atoms with Crippen LogP contribution in [-0.2, 0) is 14.6 Å². The molecule has 1 saturated heterocycles. The minimum absolute atomic E-state index is 0.0786. The highest BCUT2D eigenvalue weighted by atomic mass is 32.2. The van der Waals surface area contributed by atoms with E-state index in [2.05, 4.69) is 0 Å². The first-order valence-electron chi connectivity index (χ1n) is 4.89. The smallest absolute Gasteiger partial charge is 0.222 e. The van der Waals surface area contributed by atoms with E-state index >= 15 is 0 Å². The Morgan fingerprint density at radius 3 is 2.21 bits per heavy atom. The van der Waals surface area contributed by atoms with Gasteiger partial charge in [-0.2, -0.15) is 0 Å². The van der Waals surface area contributed by atoms with E-state index in [0.717, 1.165) is 0 Å². The van der Waals surface area contributed by atoms with Gasteiger partial charge >= 0.3 is 0 Å². The summed E-state index contributed by atoms with van der Waals surface area (Å²) >= 11 is 0. The third-order valence-electron chi connectivity index (χ3n) is 2.28. The number of nitrogens with zero attached hydrogens (tertiary/aromatic N) is 1. The lowest BCUT2D eigenvalue weighted by molar-refractivity contribution is -0.131. The van der Waals surface area contributed by atoms with Crippen LogP contribution in [0.5, 0.6) is 0 Å². The summed E-state index contributed by atoms with van der Waals surface area (Å²) in [4.78, 5) is 13.2. The molecule has 0 saturated carbocycles. The Morgan fingerprint density at radius 1 is 1.29 bits per heavy atom. The van der Waals surface area contributed by atoms with Gasteiger partial charge in [0.2, 0.25) is 5.91 Å². The van der Waals surface area contributed by atoms with Crippen molar-refractivity contribution in [2.75, 3.05) is 24.6 Å². The average molecular weight is 219 g/mol. The lowest BCUT2D eigenvalue weighted by Gasteiger charge is -2.27. The molecule has 14 heavy (non-hydrogen) atoms. The zero-order valence-electron chi connectivity index (χ0n) is 8.69. The third-order valence-corrected chi connectivity index (χ3v) is 3.89. The molecule has 0 aromatic heterocycles. The Hall–Kier alpha value is -0.580. The molecule has 0 bridgehead atoms. The molecular formula is C9H17NO3S. The molecule has 1 aliphatic rings. The maximum Gasteiger partial charge on any atom is 0.222 e. The lowest BCUT2D eigenvalue weighted by atomic mass is 10.1. The molecule has 0 radical (unpaired) electrons. The molecule has 0 atom stereocenters. The van der Waals surface area contributed by atoms with E-state index in [0.29, 0.717) is 25.4 Å². The summed E-state index contributed by atoms with van der Waals surface area (Å²) in [7, 11) is -2.87. The number of rotatable bonds is 2. The highest BCUT2D eigenvalue weighted by Crippen LogP contribution is 2.08. The van der Waals surface area contributed by atoms with Crippen molar-refractivity contribution < 1.29 is 13.2 Å². The van der Waals surface area contributed by atoms with Crippen LogP contribution in [0, 0.1) is 5.92 Å². The maximum atomic E-state index is 11.6. The molecule has 1 aliphatic heterocycles. The summed E-state index contributed by atoms with van der Waals surface area (Å²) in [6.45, 7) is 4.71. The zero-order valence-corrected chi connectivity index (χ0v) is 9.51. The minimum Gasteiger partial charge on any atom is -0.341 e. The van der Waals surface area contributed by atoms with Crippen LogP contribution < -0.4 is 0 Å². The van der Waals surface area contributed by atoms with Crippen LogP contribution in [0.1, 0.15) is 20.3 Å². The molecule has 1 rings (SSSR count). The van der Waals surface area contributed by atoms with Crippen LogP contribution >= 0.6 is 0 Å². The van der Waals surface area contributed by atoms with Crippen LogP contribution in [0.3, 0.4) is 0 Å². The Bertz CT molecular complexity index is 294. The van der Waals surface area contributed by atoms with Gasteiger partial charge in [-0.3, -0.25) is 4.79 Å². The monoisotopic (exact) mass is 219 g/mol. The first-order chi connectivity index (χ1) is 6.41. The normalized spacial score (nSPS) is 21.2. The highest BCUT2D eigenvalue weighted by molar-refractivity contribution is 7.91. The first-order valence-corrected chi connectivity index (χ1v) is 6.71. The van der Waals surface area contributed by atoms with Crippen LogP contribution in [-0.4, -0.2) is 43.8 Å². The van der Waals surface area contributed by atoms with Crippen LogP contribution in [0.4, 0.5) is 0 Å². The van der Waals surface area contributed by atoms with Crippen molar-refractivity contribution in [2.45, 2.75) is 20.3 Å². The molecule has 1 fully saturated rings. The van der Waals surface area contributed by atoms with E-state index in [1.807, 2.05) is 13.8 Å². The Kier molecular flexibility index (Phi) is 3.53. The second kappa shape index (κ2) is 4.29. The molecule has 1 heterocycles. The molecule has 0 spiro atoms. The molecule has 82 valence electrons. The first kappa shape index (κ1) is 11.5. The van der Waals surface area contributed by atoms with Gasteiger partial charge in [0.15, 0.2) is 9.84 Å². The van der Waals surface area contributed by atoms with Gasteiger partial charge in [0, 0.05) is 19.5 Å². The Morgan fingerprint density at radius 2 is 1.79 bits per heavy atom. The molecular weight excluding hydrogens is 202 g/mol. The molecule has 1 amide bonds. The largest absolute Gasteiger partial charge is 0.341 e. The molecule has 0 aliphatic carbocycles. The molecule has 4 nitrogen and oxygen atoms in total. The second-order valence-corrected chi connectivity index (χ2v) is 6.43. The van der Waals surface area contributed by atoms with E-state index in [1.54, 1.807) is 4.90 Å². The van der Waals surface area contributed by atoms with Gasteiger partial charge in [0.05, 0.1) is 11.5 Å². The number of hydrogen-bond donors (Lipinski definition) is 0. The fraction of sp³-hybridized carbons (Fsp3) is 0.889. The molecule has 0 N–H and O–H groups in total. The van der Waals surface area contributed by atoms with Crippen molar-refractivity contribution in [3.05, 3.63) is 0 Å². The van der Waals surface area contributed by atoms with Crippen LogP contribution in [0.2, 0.25) is 0 Å². The standard InChI is InChI=1S/C9H17NO3S/c1-8(2)7-9(11)10-3-5-14(12,13)6-4-10/h8H,3-7H2,1-2H3. The van der Waals surface area contributed by atoms with Crippen molar-refractivity contribution in [2.24, 2.45) is 5.92 Å². The van der Waals surface area contributed by atoms with E-state index in [9.17, 15) is 13.2 Å². The SMILES string of the molecule is CC(C)CC(=O)N1CCS(=O)(=O)CC1. The minimum atomic E-state index is -2.87. The van der Waals surface area contributed by atoms with E-state index in [4.69, 9.17) is 0 Å². The fourth-order valence-electron chi connectivity index (χ4n) is 1.44. The van der Waals surface area contributed by atoms with Gasteiger partial charge in [0.25, 0.3) is 0 Å². The number of carbonyl (C=O) groups is 1. The Balaban J connectivity index is 2.46. The molecule has 0 aromatic carbocycles. The fourth-order valence-corrected chi connectivity index (χ4v) is 2.64. The van der Waals surface area contributed by atoms with Crippen molar-refractivity contribution in [1.29, 1.82) is 0 Å². The van der Waals surface area contributed by atoms with Gasteiger partial charge in [-0.1, -0.05) is 13.8 Å². The van der Waals surface area contributed by atoms with Crippen LogP contribution in [0.25, 0.3) is 0 Å². The highest BCUT2D eigenvalue weighted by Gasteiger charge is 2.24. The van der Waals surface area contributed by atoms with Crippen molar-refractivity contribution >= 4 is 15.7 Å². The van der Waals surface area contributed by atoms with Gasteiger partial charge in [-0.15, -0.1) is 0 Å². The predicted octanol–water partition coefficient (Wildman–Crippen LogP) is 0.290. The average Bonchev–Trinajstić information content (AvgIpc) is 2.02. The summed E-state index contributed by atoms with van der Waals surface area (Å²) in [5.74, 6) is 0.657. The van der Waals surface area contributed by atoms with Gasteiger partial charge < -0.3 is 4.90 Å². The lowest BCUT2D eigenvalue weighted by Crippen LogP contribution is -2.44. The van der Waals surface area contributed by atoms with Gasteiger partial charge in [-0.25, -0.2) is 8.42 Å².